The van der Waals surface area contributed by atoms with Crippen molar-refractivity contribution in [3.05, 3.63) is 30.1 Å². The van der Waals surface area contributed by atoms with E-state index in [1.807, 2.05) is 6.92 Å². The third-order valence-corrected chi connectivity index (χ3v) is 5.56. The SMILES string of the molecule is C[C@H](OC(=O)CN1C(=O)N[C@@]2(CCCC[C@H]2C)C1=O)C(=O)Nc1cccc(F)c1. The highest BCUT2D eigenvalue weighted by Crippen LogP contribution is 2.38. The number of hydrogen-bond donors (Lipinski definition) is 2. The Morgan fingerprint density at radius 2 is 2.14 bits per heavy atom. The number of nitrogens with one attached hydrogen (secondary N) is 2. The summed E-state index contributed by atoms with van der Waals surface area (Å²) in [6.45, 7) is 2.69. The standard InChI is InChI=1S/C20H24FN3O5/c1-12-6-3-4-9-20(12)18(27)24(19(28)23-20)11-16(25)29-13(2)17(26)22-15-8-5-7-14(21)10-15/h5,7-8,10,12-13H,3-4,6,9,11H2,1-2H3,(H,22,26)(H,23,28)/t12-,13+,20-/m1/s1. The topological polar surface area (TPSA) is 105 Å². The number of anilines is 1. The van der Waals surface area contributed by atoms with Gasteiger partial charge < -0.3 is 15.4 Å². The van der Waals surface area contributed by atoms with Crippen molar-refractivity contribution in [2.75, 3.05) is 11.9 Å². The van der Waals surface area contributed by atoms with Crippen molar-refractivity contribution in [1.29, 1.82) is 0 Å². The molecule has 0 bridgehead atoms. The highest BCUT2D eigenvalue weighted by atomic mass is 19.1. The lowest BCUT2D eigenvalue weighted by atomic mass is 9.73. The minimum atomic E-state index is -1.19. The van der Waals surface area contributed by atoms with Gasteiger partial charge in [0.2, 0.25) is 0 Å². The van der Waals surface area contributed by atoms with E-state index in [1.54, 1.807) is 0 Å². The van der Waals surface area contributed by atoms with Gasteiger partial charge in [0.15, 0.2) is 6.10 Å². The molecule has 29 heavy (non-hydrogen) atoms. The van der Waals surface area contributed by atoms with Gasteiger partial charge in [-0.25, -0.2) is 9.18 Å². The van der Waals surface area contributed by atoms with Gasteiger partial charge in [0, 0.05) is 5.69 Å². The molecular formula is C20H24FN3O5. The molecule has 3 rings (SSSR count). The minimum absolute atomic E-state index is 0.0234. The second kappa shape index (κ2) is 8.18. The van der Waals surface area contributed by atoms with Gasteiger partial charge in [-0.05, 0) is 43.9 Å². The summed E-state index contributed by atoms with van der Waals surface area (Å²) in [6.07, 6.45) is 1.99. The van der Waals surface area contributed by atoms with Gasteiger partial charge in [0.25, 0.3) is 11.8 Å². The van der Waals surface area contributed by atoms with Crippen LogP contribution in [0.25, 0.3) is 0 Å². The van der Waals surface area contributed by atoms with E-state index >= 15 is 0 Å². The molecule has 2 N–H and O–H groups in total. The number of carbonyl (C=O) groups excluding carboxylic acids is 4. The number of halogens is 1. The van der Waals surface area contributed by atoms with Gasteiger partial charge in [-0.2, -0.15) is 0 Å². The second-order valence-electron chi connectivity index (χ2n) is 7.57. The lowest BCUT2D eigenvalue weighted by Gasteiger charge is -2.36. The van der Waals surface area contributed by atoms with E-state index in [0.29, 0.717) is 6.42 Å². The van der Waals surface area contributed by atoms with Crippen molar-refractivity contribution < 1.29 is 28.3 Å². The molecule has 0 unspecified atom stereocenters. The fourth-order valence-electron chi connectivity index (χ4n) is 3.87. The Kier molecular flexibility index (Phi) is 5.86. The van der Waals surface area contributed by atoms with E-state index in [0.717, 1.165) is 30.2 Å². The largest absolute Gasteiger partial charge is 0.451 e. The summed E-state index contributed by atoms with van der Waals surface area (Å²) in [5.41, 5.74) is -0.740. The van der Waals surface area contributed by atoms with Crippen LogP contribution in [0.2, 0.25) is 0 Å². The van der Waals surface area contributed by atoms with Gasteiger partial charge in [-0.3, -0.25) is 19.3 Å². The number of urea groups is 1. The van der Waals surface area contributed by atoms with Gasteiger partial charge in [0.05, 0.1) is 0 Å². The Bertz CT molecular complexity index is 845. The van der Waals surface area contributed by atoms with Crippen LogP contribution in [0, 0.1) is 11.7 Å². The lowest BCUT2D eigenvalue weighted by molar-refractivity contribution is -0.155. The molecule has 1 heterocycles. The number of carbonyl (C=O) groups is 4. The van der Waals surface area contributed by atoms with Crippen LogP contribution in [-0.2, 0) is 19.1 Å². The summed E-state index contributed by atoms with van der Waals surface area (Å²) >= 11 is 0. The number of imide groups is 1. The third-order valence-electron chi connectivity index (χ3n) is 5.56. The molecule has 3 atom stereocenters. The summed E-state index contributed by atoms with van der Waals surface area (Å²) in [6, 6.07) is 4.66. The Hall–Kier alpha value is -2.97. The summed E-state index contributed by atoms with van der Waals surface area (Å²) in [4.78, 5) is 50.4. The maximum absolute atomic E-state index is 13.2. The molecular weight excluding hydrogens is 381 g/mol. The molecule has 8 nitrogen and oxygen atoms in total. The van der Waals surface area contributed by atoms with Crippen LogP contribution in [0.15, 0.2) is 24.3 Å². The summed E-state index contributed by atoms with van der Waals surface area (Å²) in [5, 5.41) is 5.19. The molecule has 9 heteroatoms. The molecule has 1 aromatic rings. The molecule has 156 valence electrons. The van der Waals surface area contributed by atoms with E-state index in [4.69, 9.17) is 4.74 Å². The van der Waals surface area contributed by atoms with Crippen molar-refractivity contribution >= 4 is 29.5 Å². The maximum atomic E-state index is 13.2. The molecule has 1 saturated heterocycles. The summed E-state index contributed by atoms with van der Waals surface area (Å²) in [5.74, 6) is -2.50. The monoisotopic (exact) mass is 405 g/mol. The highest BCUT2D eigenvalue weighted by molar-refractivity contribution is 6.09. The van der Waals surface area contributed by atoms with Crippen LogP contribution in [0.1, 0.15) is 39.5 Å². The molecule has 1 spiro atoms. The average Bonchev–Trinajstić information content (AvgIpc) is 2.89. The van der Waals surface area contributed by atoms with Crippen LogP contribution in [0.4, 0.5) is 14.9 Å². The maximum Gasteiger partial charge on any atom is 0.327 e. The summed E-state index contributed by atoms with van der Waals surface area (Å²) in [7, 11) is 0. The van der Waals surface area contributed by atoms with E-state index in [1.165, 1.54) is 25.1 Å². The Balaban J connectivity index is 1.58. The van der Waals surface area contributed by atoms with Crippen LogP contribution >= 0.6 is 0 Å². The zero-order valence-electron chi connectivity index (χ0n) is 16.4. The first-order valence-corrected chi connectivity index (χ1v) is 9.63. The second-order valence-corrected chi connectivity index (χ2v) is 7.57. The lowest BCUT2D eigenvalue weighted by Crippen LogP contribution is -2.54. The third kappa shape index (κ3) is 4.23. The molecule has 1 aromatic carbocycles. The predicted molar refractivity (Wildman–Crippen MR) is 101 cm³/mol. The van der Waals surface area contributed by atoms with Crippen molar-refractivity contribution in [3.63, 3.8) is 0 Å². The molecule has 2 aliphatic rings. The smallest absolute Gasteiger partial charge is 0.327 e. The fraction of sp³-hybridized carbons (Fsp3) is 0.500. The zero-order chi connectivity index (χ0) is 21.2. The van der Waals surface area contributed by atoms with E-state index in [2.05, 4.69) is 10.6 Å². The normalized spacial score (nSPS) is 24.9. The number of ether oxygens (including phenoxy) is 1. The quantitative estimate of drug-likeness (QED) is 0.577. The Morgan fingerprint density at radius 3 is 2.83 bits per heavy atom. The molecule has 2 fully saturated rings. The van der Waals surface area contributed by atoms with Crippen LogP contribution < -0.4 is 10.6 Å². The van der Waals surface area contributed by atoms with Crippen molar-refractivity contribution in [3.8, 4) is 0 Å². The van der Waals surface area contributed by atoms with Crippen LogP contribution in [0.5, 0.6) is 0 Å². The van der Waals surface area contributed by atoms with E-state index < -0.39 is 47.8 Å². The molecule has 1 saturated carbocycles. The molecule has 1 aliphatic heterocycles. The van der Waals surface area contributed by atoms with Crippen molar-refractivity contribution in [1.82, 2.24) is 10.2 Å². The number of esters is 1. The summed E-state index contributed by atoms with van der Waals surface area (Å²) < 4.78 is 18.3. The van der Waals surface area contributed by atoms with Gasteiger partial charge >= 0.3 is 12.0 Å². The first-order valence-electron chi connectivity index (χ1n) is 9.63. The van der Waals surface area contributed by atoms with E-state index in [9.17, 15) is 23.6 Å². The van der Waals surface area contributed by atoms with Crippen LogP contribution in [-0.4, -0.2) is 46.9 Å². The van der Waals surface area contributed by atoms with Gasteiger partial charge in [0.1, 0.15) is 17.9 Å². The highest BCUT2D eigenvalue weighted by Gasteiger charge is 2.55. The average molecular weight is 405 g/mol. The number of hydrogen-bond acceptors (Lipinski definition) is 5. The van der Waals surface area contributed by atoms with Gasteiger partial charge in [-0.1, -0.05) is 25.8 Å². The Morgan fingerprint density at radius 1 is 1.38 bits per heavy atom. The zero-order valence-corrected chi connectivity index (χ0v) is 16.4. The number of benzene rings is 1. The molecule has 0 radical (unpaired) electrons. The Labute approximate surface area is 167 Å². The number of amides is 4. The van der Waals surface area contributed by atoms with Crippen molar-refractivity contribution in [2.24, 2.45) is 5.92 Å². The first-order chi connectivity index (χ1) is 13.7. The molecule has 1 aliphatic carbocycles. The van der Waals surface area contributed by atoms with Crippen LogP contribution in [0.3, 0.4) is 0 Å². The first kappa shape index (κ1) is 20.8. The number of rotatable bonds is 5. The molecule has 0 aromatic heterocycles. The van der Waals surface area contributed by atoms with Gasteiger partial charge in [-0.15, -0.1) is 0 Å². The minimum Gasteiger partial charge on any atom is -0.451 e. The van der Waals surface area contributed by atoms with E-state index in [-0.39, 0.29) is 11.6 Å². The number of nitrogens with zero attached hydrogens (tertiary/aromatic N) is 1. The fourth-order valence-corrected chi connectivity index (χ4v) is 3.87. The van der Waals surface area contributed by atoms with Crippen molar-refractivity contribution in [2.45, 2.75) is 51.2 Å². The predicted octanol–water partition coefficient (Wildman–Crippen LogP) is 2.20. The molecule has 4 amide bonds.